The Kier molecular flexibility index (Phi) is 8.81. The predicted molar refractivity (Wildman–Crippen MR) is 83.0 cm³/mol. The van der Waals surface area contributed by atoms with Crippen molar-refractivity contribution < 1.29 is 4.79 Å². The summed E-state index contributed by atoms with van der Waals surface area (Å²) in [7, 11) is 1.84. The van der Waals surface area contributed by atoms with Crippen molar-refractivity contribution in [3.8, 4) is 0 Å². The highest BCUT2D eigenvalue weighted by Gasteiger charge is 2.17. The molecule has 0 bridgehead atoms. The lowest BCUT2D eigenvalue weighted by Crippen LogP contribution is -2.33. The number of halogens is 2. The van der Waals surface area contributed by atoms with Gasteiger partial charge in [-0.2, -0.15) is 0 Å². The molecule has 19 heavy (non-hydrogen) atoms. The second-order valence-corrected chi connectivity index (χ2v) is 5.13. The standard InChI is InChI=1S/C14H21ClN2O.ClH/c1-10(2)14(17-13(18)8-9-16-3)11-4-6-12(15)7-5-11;/h4-7,10,14,16H,8-9H2,1-3H3,(H,17,18);1H. The number of nitrogens with one attached hydrogen (secondary N) is 2. The highest BCUT2D eigenvalue weighted by atomic mass is 35.5. The second-order valence-electron chi connectivity index (χ2n) is 4.69. The van der Waals surface area contributed by atoms with E-state index in [1.54, 1.807) is 0 Å². The van der Waals surface area contributed by atoms with E-state index in [-0.39, 0.29) is 24.4 Å². The zero-order chi connectivity index (χ0) is 13.5. The van der Waals surface area contributed by atoms with Gasteiger partial charge in [0.2, 0.25) is 5.91 Å². The average molecular weight is 305 g/mol. The number of benzene rings is 1. The van der Waals surface area contributed by atoms with E-state index < -0.39 is 0 Å². The summed E-state index contributed by atoms with van der Waals surface area (Å²) in [5, 5.41) is 6.75. The van der Waals surface area contributed by atoms with Gasteiger partial charge in [-0.05, 0) is 30.7 Å². The van der Waals surface area contributed by atoms with Crippen molar-refractivity contribution in [2.24, 2.45) is 5.92 Å². The number of carbonyl (C=O) groups excluding carboxylic acids is 1. The summed E-state index contributed by atoms with van der Waals surface area (Å²) in [5.74, 6) is 0.405. The van der Waals surface area contributed by atoms with E-state index in [0.29, 0.717) is 23.9 Å². The Morgan fingerprint density at radius 1 is 1.26 bits per heavy atom. The van der Waals surface area contributed by atoms with Gasteiger partial charge in [0, 0.05) is 18.0 Å². The van der Waals surface area contributed by atoms with E-state index in [1.165, 1.54) is 0 Å². The smallest absolute Gasteiger partial charge is 0.221 e. The summed E-state index contributed by atoms with van der Waals surface area (Å²) in [4.78, 5) is 11.8. The van der Waals surface area contributed by atoms with Crippen LogP contribution < -0.4 is 10.6 Å². The molecular formula is C14H22Cl2N2O. The minimum atomic E-state index is 0. The van der Waals surface area contributed by atoms with Crippen molar-refractivity contribution in [2.75, 3.05) is 13.6 Å². The van der Waals surface area contributed by atoms with Crippen LogP contribution in [0.2, 0.25) is 5.02 Å². The van der Waals surface area contributed by atoms with Gasteiger partial charge in [0.05, 0.1) is 6.04 Å². The maximum absolute atomic E-state index is 11.8. The fourth-order valence-electron chi connectivity index (χ4n) is 1.79. The third-order valence-corrected chi connectivity index (χ3v) is 3.07. The first-order chi connectivity index (χ1) is 8.54. The number of hydrogen-bond acceptors (Lipinski definition) is 2. The Morgan fingerprint density at radius 3 is 2.32 bits per heavy atom. The van der Waals surface area contributed by atoms with Crippen molar-refractivity contribution in [3.63, 3.8) is 0 Å². The van der Waals surface area contributed by atoms with E-state index in [0.717, 1.165) is 5.56 Å². The predicted octanol–water partition coefficient (Wildman–Crippen LogP) is 3.18. The number of rotatable bonds is 6. The lowest BCUT2D eigenvalue weighted by atomic mass is 9.96. The van der Waals surface area contributed by atoms with Crippen molar-refractivity contribution in [1.29, 1.82) is 0 Å². The first-order valence-electron chi connectivity index (χ1n) is 6.24. The first-order valence-corrected chi connectivity index (χ1v) is 6.61. The van der Waals surface area contributed by atoms with E-state index in [2.05, 4.69) is 24.5 Å². The van der Waals surface area contributed by atoms with Crippen LogP contribution in [-0.2, 0) is 4.79 Å². The largest absolute Gasteiger partial charge is 0.349 e. The van der Waals surface area contributed by atoms with Crippen LogP contribution >= 0.6 is 24.0 Å². The molecule has 1 unspecified atom stereocenters. The number of hydrogen-bond donors (Lipinski definition) is 2. The fraction of sp³-hybridized carbons (Fsp3) is 0.500. The molecule has 0 saturated heterocycles. The van der Waals surface area contributed by atoms with E-state index >= 15 is 0 Å². The second kappa shape index (κ2) is 9.18. The van der Waals surface area contributed by atoms with Crippen LogP contribution in [0, 0.1) is 5.92 Å². The maximum atomic E-state index is 11.8. The molecule has 0 heterocycles. The molecular weight excluding hydrogens is 283 g/mol. The molecule has 1 aromatic carbocycles. The molecule has 1 rings (SSSR count). The van der Waals surface area contributed by atoms with Gasteiger partial charge in [-0.3, -0.25) is 4.79 Å². The quantitative estimate of drug-likeness (QED) is 0.847. The zero-order valence-electron chi connectivity index (χ0n) is 11.6. The third-order valence-electron chi connectivity index (χ3n) is 2.81. The third kappa shape index (κ3) is 6.28. The minimum absolute atomic E-state index is 0. The molecule has 1 atom stereocenters. The van der Waals surface area contributed by atoms with Crippen molar-refractivity contribution >= 4 is 29.9 Å². The lowest BCUT2D eigenvalue weighted by Gasteiger charge is -2.23. The van der Waals surface area contributed by atoms with Gasteiger partial charge in [0.25, 0.3) is 0 Å². The van der Waals surface area contributed by atoms with Gasteiger partial charge < -0.3 is 10.6 Å². The Morgan fingerprint density at radius 2 is 1.84 bits per heavy atom. The Balaban J connectivity index is 0.00000324. The molecule has 0 fully saturated rings. The average Bonchev–Trinajstić information content (AvgIpc) is 2.34. The van der Waals surface area contributed by atoms with Gasteiger partial charge in [-0.25, -0.2) is 0 Å². The fourth-order valence-corrected chi connectivity index (χ4v) is 1.92. The molecule has 1 aromatic rings. The van der Waals surface area contributed by atoms with E-state index in [4.69, 9.17) is 11.6 Å². The highest BCUT2D eigenvalue weighted by molar-refractivity contribution is 6.30. The Labute approximate surface area is 126 Å². The summed E-state index contributed by atoms with van der Waals surface area (Å²) in [6, 6.07) is 7.67. The topological polar surface area (TPSA) is 41.1 Å². The van der Waals surface area contributed by atoms with Crippen LogP contribution in [0.15, 0.2) is 24.3 Å². The van der Waals surface area contributed by atoms with Crippen LogP contribution in [0.3, 0.4) is 0 Å². The van der Waals surface area contributed by atoms with Crippen molar-refractivity contribution in [2.45, 2.75) is 26.3 Å². The summed E-state index contributed by atoms with van der Waals surface area (Å²) in [6.07, 6.45) is 0.493. The molecule has 0 aromatic heterocycles. The Hall–Kier alpha value is -0.770. The number of amides is 1. The van der Waals surface area contributed by atoms with Crippen molar-refractivity contribution in [3.05, 3.63) is 34.9 Å². The monoisotopic (exact) mass is 304 g/mol. The van der Waals surface area contributed by atoms with Gasteiger partial charge in [0.1, 0.15) is 0 Å². The normalized spacial score (nSPS) is 11.8. The number of carbonyl (C=O) groups is 1. The highest BCUT2D eigenvalue weighted by Crippen LogP contribution is 2.23. The van der Waals surface area contributed by atoms with Crippen LogP contribution in [-0.4, -0.2) is 19.5 Å². The van der Waals surface area contributed by atoms with Crippen LogP contribution in [0.1, 0.15) is 31.9 Å². The molecule has 2 N–H and O–H groups in total. The first kappa shape index (κ1) is 18.2. The molecule has 0 saturated carbocycles. The molecule has 0 aliphatic heterocycles. The van der Waals surface area contributed by atoms with Crippen LogP contribution in [0.4, 0.5) is 0 Å². The molecule has 0 spiro atoms. The lowest BCUT2D eigenvalue weighted by molar-refractivity contribution is -0.122. The van der Waals surface area contributed by atoms with Gasteiger partial charge in [-0.1, -0.05) is 37.6 Å². The molecule has 108 valence electrons. The molecule has 5 heteroatoms. The van der Waals surface area contributed by atoms with Gasteiger partial charge in [-0.15, -0.1) is 12.4 Å². The summed E-state index contributed by atoms with van der Waals surface area (Å²) >= 11 is 5.87. The van der Waals surface area contributed by atoms with Crippen LogP contribution in [0.5, 0.6) is 0 Å². The summed E-state index contributed by atoms with van der Waals surface area (Å²) < 4.78 is 0. The van der Waals surface area contributed by atoms with E-state index in [1.807, 2.05) is 31.3 Å². The van der Waals surface area contributed by atoms with Gasteiger partial charge >= 0.3 is 0 Å². The molecule has 1 amide bonds. The minimum Gasteiger partial charge on any atom is -0.349 e. The molecule has 0 radical (unpaired) electrons. The Bertz CT molecular complexity index is 380. The zero-order valence-corrected chi connectivity index (χ0v) is 13.1. The molecule has 3 nitrogen and oxygen atoms in total. The summed E-state index contributed by atoms with van der Waals surface area (Å²) in [6.45, 7) is 4.88. The van der Waals surface area contributed by atoms with Gasteiger partial charge in [0.15, 0.2) is 0 Å². The molecule has 0 aliphatic carbocycles. The van der Waals surface area contributed by atoms with Crippen LogP contribution in [0.25, 0.3) is 0 Å². The molecule has 0 aliphatic rings. The SMILES string of the molecule is CNCCC(=O)NC(c1ccc(Cl)cc1)C(C)C.Cl. The van der Waals surface area contributed by atoms with Crippen molar-refractivity contribution in [1.82, 2.24) is 10.6 Å². The maximum Gasteiger partial charge on any atom is 0.221 e. The summed E-state index contributed by atoms with van der Waals surface area (Å²) in [5.41, 5.74) is 1.09. The van der Waals surface area contributed by atoms with E-state index in [9.17, 15) is 4.79 Å².